The van der Waals surface area contributed by atoms with Gasteiger partial charge in [0.05, 0.1) is 5.56 Å². The number of nitrogens with one attached hydrogen (secondary N) is 1. The number of amides is 1. The van der Waals surface area contributed by atoms with Gasteiger partial charge < -0.3 is 10.1 Å². The molecule has 0 spiro atoms. The molecule has 0 saturated heterocycles. The molecule has 4 heteroatoms. The minimum absolute atomic E-state index is 0.312. The summed E-state index contributed by atoms with van der Waals surface area (Å²) in [6.45, 7) is 3.79. The molecule has 4 nitrogen and oxygen atoms in total. The maximum absolute atomic E-state index is 12.7. The van der Waals surface area contributed by atoms with Crippen molar-refractivity contribution in [2.75, 3.05) is 11.9 Å². The molecule has 3 aromatic rings. The number of hydrogen-bond acceptors (Lipinski definition) is 3. The molecule has 0 saturated carbocycles. The van der Waals surface area contributed by atoms with Gasteiger partial charge in [0, 0.05) is 5.69 Å². The van der Waals surface area contributed by atoms with E-state index in [0.29, 0.717) is 5.56 Å². The number of ether oxygens (including phenoxy) is 1. The smallest absolute Gasteiger partial charge is 0.338 e. The van der Waals surface area contributed by atoms with Crippen molar-refractivity contribution in [2.24, 2.45) is 0 Å². The zero-order chi connectivity index (χ0) is 22.1. The predicted molar refractivity (Wildman–Crippen MR) is 124 cm³/mol. The first kappa shape index (κ1) is 22.3. The summed E-state index contributed by atoms with van der Waals surface area (Å²) in [5.74, 6) is -0.802. The van der Waals surface area contributed by atoms with Crippen LogP contribution < -0.4 is 5.32 Å². The Morgan fingerprint density at radius 2 is 1.35 bits per heavy atom. The minimum Gasteiger partial charge on any atom is -0.452 e. The van der Waals surface area contributed by atoms with Crippen molar-refractivity contribution in [3.8, 4) is 0 Å². The summed E-state index contributed by atoms with van der Waals surface area (Å²) < 4.78 is 5.35. The minimum atomic E-state index is -0.474. The van der Waals surface area contributed by atoms with E-state index in [4.69, 9.17) is 4.74 Å². The molecule has 0 fully saturated rings. The van der Waals surface area contributed by atoms with Gasteiger partial charge in [-0.1, -0.05) is 80.6 Å². The summed E-state index contributed by atoms with van der Waals surface area (Å²) in [6, 6.07) is 23.6. The largest absolute Gasteiger partial charge is 0.452 e. The fourth-order valence-corrected chi connectivity index (χ4v) is 3.65. The van der Waals surface area contributed by atoms with Crippen LogP contribution in [0.5, 0.6) is 0 Å². The van der Waals surface area contributed by atoms with Gasteiger partial charge in [-0.2, -0.15) is 0 Å². The Hall–Kier alpha value is -3.40. The van der Waals surface area contributed by atoms with Crippen molar-refractivity contribution in [1.29, 1.82) is 0 Å². The Morgan fingerprint density at radius 3 is 2.03 bits per heavy atom. The summed E-state index contributed by atoms with van der Waals surface area (Å²) in [6.07, 6.45) is 3.19. The van der Waals surface area contributed by atoms with Crippen LogP contribution in [0, 0.1) is 0 Å². The first-order valence-electron chi connectivity index (χ1n) is 10.8. The highest BCUT2D eigenvalue weighted by Crippen LogP contribution is 2.22. The maximum atomic E-state index is 12.7. The Morgan fingerprint density at radius 1 is 0.742 bits per heavy atom. The highest BCUT2D eigenvalue weighted by molar-refractivity contribution is 5.97. The average Bonchev–Trinajstić information content (AvgIpc) is 2.82. The molecule has 3 rings (SSSR count). The highest BCUT2D eigenvalue weighted by Gasteiger charge is 2.16. The van der Waals surface area contributed by atoms with Crippen molar-refractivity contribution >= 4 is 17.6 Å². The van der Waals surface area contributed by atoms with Crippen molar-refractivity contribution in [1.82, 2.24) is 0 Å². The third-order valence-corrected chi connectivity index (χ3v) is 5.36. The van der Waals surface area contributed by atoms with E-state index in [9.17, 15) is 9.59 Å². The second kappa shape index (κ2) is 11.1. The Labute approximate surface area is 184 Å². The topological polar surface area (TPSA) is 55.4 Å². The van der Waals surface area contributed by atoms with Gasteiger partial charge >= 0.3 is 5.97 Å². The van der Waals surface area contributed by atoms with Crippen LogP contribution in [0.4, 0.5) is 5.69 Å². The summed E-state index contributed by atoms with van der Waals surface area (Å²) >= 11 is 0. The quantitative estimate of drug-likeness (QED) is 0.477. The number of carbonyl (C=O) groups excluding carboxylic acids is 2. The zero-order valence-electron chi connectivity index (χ0n) is 18.2. The normalized spacial score (nSPS) is 10.5. The molecule has 0 bridgehead atoms. The summed E-state index contributed by atoms with van der Waals surface area (Å²) in [7, 11) is 0. The lowest BCUT2D eigenvalue weighted by molar-refractivity contribution is -0.119. The molecule has 1 N–H and O–H groups in total. The number of carbonyl (C=O) groups is 2. The first-order valence-corrected chi connectivity index (χ1v) is 10.8. The van der Waals surface area contributed by atoms with E-state index in [-0.39, 0.29) is 12.5 Å². The molecule has 0 unspecified atom stereocenters. The predicted octanol–water partition coefficient (Wildman–Crippen LogP) is 5.39. The fourth-order valence-electron chi connectivity index (χ4n) is 3.65. The standard InChI is InChI=1S/C27H29NO3/c1-3-21-14-10-15-22(4-2)26(21)28-25(29)19-31-27(30)24-16-9-8-13-23(24)18-17-20-11-6-5-7-12-20/h5-16H,3-4,17-19H2,1-2H3,(H,28,29). The SMILES string of the molecule is CCc1cccc(CC)c1NC(=O)COC(=O)c1ccccc1CCc1ccccc1. The number of rotatable bonds is 9. The number of anilines is 1. The third-order valence-electron chi connectivity index (χ3n) is 5.36. The zero-order valence-corrected chi connectivity index (χ0v) is 18.2. The van der Waals surface area contributed by atoms with Crippen molar-refractivity contribution in [3.05, 3.63) is 101 Å². The van der Waals surface area contributed by atoms with E-state index in [2.05, 4.69) is 31.3 Å². The van der Waals surface area contributed by atoms with Crippen LogP contribution in [-0.2, 0) is 35.2 Å². The molecule has 0 atom stereocenters. The summed E-state index contributed by atoms with van der Waals surface area (Å²) in [4.78, 5) is 25.2. The van der Waals surface area contributed by atoms with Crippen LogP contribution in [0.25, 0.3) is 0 Å². The second-order valence-corrected chi connectivity index (χ2v) is 7.43. The lowest BCUT2D eigenvalue weighted by atomic mass is 10.00. The molecule has 160 valence electrons. The molecule has 1 amide bonds. The van der Waals surface area contributed by atoms with Crippen LogP contribution in [0.1, 0.15) is 46.5 Å². The number of aryl methyl sites for hydroxylation is 4. The van der Waals surface area contributed by atoms with Gasteiger partial charge in [-0.05, 0) is 54.0 Å². The van der Waals surface area contributed by atoms with E-state index in [1.807, 2.05) is 54.6 Å². The highest BCUT2D eigenvalue weighted by atomic mass is 16.5. The Balaban J connectivity index is 1.62. The molecule has 0 aliphatic carbocycles. The molecule has 0 aliphatic heterocycles. The number of benzene rings is 3. The molecule has 0 radical (unpaired) electrons. The molecule has 0 heterocycles. The van der Waals surface area contributed by atoms with Gasteiger partial charge in [0.15, 0.2) is 6.61 Å². The molecule has 31 heavy (non-hydrogen) atoms. The number of para-hydroxylation sites is 1. The number of esters is 1. The van der Waals surface area contributed by atoms with Gasteiger partial charge in [0.25, 0.3) is 5.91 Å². The van der Waals surface area contributed by atoms with Crippen molar-refractivity contribution < 1.29 is 14.3 Å². The Bertz CT molecular complexity index is 1010. The van der Waals surface area contributed by atoms with Gasteiger partial charge in [0.1, 0.15) is 0 Å². The first-order chi connectivity index (χ1) is 15.1. The van der Waals surface area contributed by atoms with Crippen LogP contribution in [0.3, 0.4) is 0 Å². The third kappa shape index (κ3) is 6.05. The maximum Gasteiger partial charge on any atom is 0.338 e. The lowest BCUT2D eigenvalue weighted by Crippen LogP contribution is -2.22. The van der Waals surface area contributed by atoms with Crippen LogP contribution in [0.2, 0.25) is 0 Å². The van der Waals surface area contributed by atoms with Crippen molar-refractivity contribution in [3.63, 3.8) is 0 Å². The molecular weight excluding hydrogens is 386 g/mol. The van der Waals surface area contributed by atoms with Crippen LogP contribution >= 0.6 is 0 Å². The van der Waals surface area contributed by atoms with E-state index in [0.717, 1.165) is 48.1 Å². The molecule has 0 aliphatic rings. The Kier molecular flexibility index (Phi) is 7.99. The second-order valence-electron chi connectivity index (χ2n) is 7.43. The monoisotopic (exact) mass is 415 g/mol. The molecular formula is C27H29NO3. The fraction of sp³-hybridized carbons (Fsp3) is 0.259. The number of hydrogen-bond donors (Lipinski definition) is 1. The van der Waals surface area contributed by atoms with E-state index < -0.39 is 5.97 Å². The van der Waals surface area contributed by atoms with Gasteiger partial charge in [-0.25, -0.2) is 4.79 Å². The molecule has 3 aromatic carbocycles. The van der Waals surface area contributed by atoms with Crippen LogP contribution in [0.15, 0.2) is 72.8 Å². The average molecular weight is 416 g/mol. The van der Waals surface area contributed by atoms with E-state index in [1.54, 1.807) is 6.07 Å². The van der Waals surface area contributed by atoms with Crippen LogP contribution in [-0.4, -0.2) is 18.5 Å². The lowest BCUT2D eigenvalue weighted by Gasteiger charge is -2.15. The van der Waals surface area contributed by atoms with Gasteiger partial charge in [-0.3, -0.25) is 4.79 Å². The van der Waals surface area contributed by atoms with Gasteiger partial charge in [-0.15, -0.1) is 0 Å². The van der Waals surface area contributed by atoms with Gasteiger partial charge in [0.2, 0.25) is 0 Å². The van der Waals surface area contributed by atoms with E-state index >= 15 is 0 Å². The van der Waals surface area contributed by atoms with Crippen molar-refractivity contribution in [2.45, 2.75) is 39.5 Å². The van der Waals surface area contributed by atoms with E-state index in [1.165, 1.54) is 5.56 Å². The summed E-state index contributed by atoms with van der Waals surface area (Å²) in [5.41, 5.74) is 5.62. The summed E-state index contributed by atoms with van der Waals surface area (Å²) in [5, 5.41) is 2.93. The molecule has 0 aromatic heterocycles.